The quantitative estimate of drug-likeness (QED) is 0.522. The molecule has 1 aromatic heterocycles. The molecular formula is C23H26N4O6. The van der Waals surface area contributed by atoms with Crippen molar-refractivity contribution in [2.24, 2.45) is 0 Å². The van der Waals surface area contributed by atoms with Crippen molar-refractivity contribution < 1.29 is 19.0 Å². The van der Waals surface area contributed by atoms with Crippen LogP contribution in [-0.4, -0.2) is 48.1 Å². The molecule has 3 rings (SSSR count). The van der Waals surface area contributed by atoms with Gasteiger partial charge in [-0.2, -0.15) is 9.78 Å². The van der Waals surface area contributed by atoms with Crippen molar-refractivity contribution in [2.45, 2.75) is 19.9 Å². The number of amides is 1. The van der Waals surface area contributed by atoms with Gasteiger partial charge in [-0.3, -0.25) is 14.2 Å². The molecule has 0 spiro atoms. The normalized spacial score (nSPS) is 10.5. The average molecular weight is 454 g/mol. The van der Waals surface area contributed by atoms with E-state index in [4.69, 9.17) is 14.2 Å². The lowest BCUT2D eigenvalue weighted by Crippen LogP contribution is -2.46. The van der Waals surface area contributed by atoms with Crippen molar-refractivity contribution in [3.63, 3.8) is 0 Å². The fourth-order valence-electron chi connectivity index (χ4n) is 3.20. The number of aromatic nitrogens is 3. The molecule has 33 heavy (non-hydrogen) atoms. The summed E-state index contributed by atoms with van der Waals surface area (Å²) in [6, 6.07) is 11.7. The summed E-state index contributed by atoms with van der Waals surface area (Å²) in [4.78, 5) is 39.1. The maximum Gasteiger partial charge on any atom is 0.352 e. The maximum atomic E-state index is 13.3. The number of ether oxygens (including phenoxy) is 3. The van der Waals surface area contributed by atoms with Crippen LogP contribution in [0.15, 0.2) is 52.1 Å². The van der Waals surface area contributed by atoms with Gasteiger partial charge in [-0.15, -0.1) is 0 Å². The van der Waals surface area contributed by atoms with Crippen LogP contribution in [0.1, 0.15) is 29.4 Å². The molecule has 10 heteroatoms. The Kier molecular flexibility index (Phi) is 7.50. The second-order valence-electron chi connectivity index (χ2n) is 7.08. The molecule has 0 bridgehead atoms. The Morgan fingerprint density at radius 3 is 2.42 bits per heavy atom. The van der Waals surface area contributed by atoms with Crippen molar-refractivity contribution in [3.8, 4) is 22.9 Å². The summed E-state index contributed by atoms with van der Waals surface area (Å²) in [5.74, 6) is 0.748. The second-order valence-corrected chi connectivity index (χ2v) is 7.08. The first kappa shape index (κ1) is 23.6. The summed E-state index contributed by atoms with van der Waals surface area (Å²) in [6.45, 7) is 2.18. The van der Waals surface area contributed by atoms with Crippen LogP contribution in [0.25, 0.3) is 5.69 Å². The van der Waals surface area contributed by atoms with E-state index in [-0.39, 0.29) is 12.2 Å². The van der Waals surface area contributed by atoms with Gasteiger partial charge in [-0.25, -0.2) is 4.79 Å². The topological polar surface area (TPSA) is 114 Å². The third kappa shape index (κ3) is 5.05. The molecule has 0 fully saturated rings. The molecule has 1 amide bonds. The first-order valence-electron chi connectivity index (χ1n) is 10.3. The van der Waals surface area contributed by atoms with Gasteiger partial charge in [0.15, 0.2) is 11.5 Å². The predicted octanol–water partition coefficient (Wildman–Crippen LogP) is 1.61. The third-order valence-electron chi connectivity index (χ3n) is 4.90. The molecule has 3 aromatic rings. The van der Waals surface area contributed by atoms with Crippen molar-refractivity contribution in [2.75, 3.05) is 27.9 Å². The monoisotopic (exact) mass is 454 g/mol. The molecule has 10 nitrogen and oxygen atoms in total. The number of benzene rings is 2. The van der Waals surface area contributed by atoms with E-state index in [1.165, 1.54) is 21.3 Å². The van der Waals surface area contributed by atoms with Gasteiger partial charge in [0.2, 0.25) is 5.69 Å². The summed E-state index contributed by atoms with van der Waals surface area (Å²) >= 11 is 0. The number of nitrogens with one attached hydrogen (secondary N) is 1. The van der Waals surface area contributed by atoms with Crippen LogP contribution in [0, 0.1) is 0 Å². The Morgan fingerprint density at radius 1 is 1.00 bits per heavy atom. The van der Waals surface area contributed by atoms with E-state index in [1.54, 1.807) is 42.5 Å². The number of carbonyl (C=O) groups excluding carboxylic acids is 1. The van der Waals surface area contributed by atoms with Gasteiger partial charge in [-0.1, -0.05) is 19.1 Å². The van der Waals surface area contributed by atoms with Gasteiger partial charge in [-0.05, 0) is 36.2 Å². The SMILES string of the molecule is CCCNC(=O)c1nn(-c2ccc(OC)c(OC)c2)c(=O)n(Cc2cccc(OC)c2)c1=O. The van der Waals surface area contributed by atoms with E-state index in [1.807, 2.05) is 6.92 Å². The molecule has 0 saturated heterocycles. The van der Waals surface area contributed by atoms with Crippen LogP contribution in [-0.2, 0) is 6.54 Å². The van der Waals surface area contributed by atoms with Crippen molar-refractivity contribution in [1.29, 1.82) is 0 Å². The third-order valence-corrected chi connectivity index (χ3v) is 4.90. The summed E-state index contributed by atoms with van der Waals surface area (Å²) in [5, 5.41) is 6.74. The number of hydrogen-bond donors (Lipinski definition) is 1. The molecule has 0 aliphatic carbocycles. The number of hydrogen-bond acceptors (Lipinski definition) is 7. The Balaban J connectivity index is 2.21. The average Bonchev–Trinajstić information content (AvgIpc) is 2.84. The lowest BCUT2D eigenvalue weighted by atomic mass is 10.2. The van der Waals surface area contributed by atoms with Gasteiger partial charge in [0.25, 0.3) is 11.5 Å². The molecule has 1 heterocycles. The molecule has 0 atom stereocenters. The van der Waals surface area contributed by atoms with Gasteiger partial charge in [0.05, 0.1) is 33.6 Å². The first-order chi connectivity index (χ1) is 15.9. The van der Waals surface area contributed by atoms with E-state index in [2.05, 4.69) is 10.4 Å². The van der Waals surface area contributed by atoms with Crippen molar-refractivity contribution in [1.82, 2.24) is 19.7 Å². The van der Waals surface area contributed by atoms with Crippen LogP contribution in [0.3, 0.4) is 0 Å². The lowest BCUT2D eigenvalue weighted by molar-refractivity contribution is 0.0944. The van der Waals surface area contributed by atoms with Gasteiger partial charge in [0, 0.05) is 12.6 Å². The summed E-state index contributed by atoms with van der Waals surface area (Å²) in [7, 11) is 4.48. The standard InChI is InChI=1S/C23H26N4O6/c1-5-11-24-21(28)20-22(29)26(14-15-7-6-8-17(12-15)31-2)23(30)27(25-20)16-9-10-18(32-3)19(13-16)33-4/h6-10,12-13H,5,11,14H2,1-4H3,(H,24,28). The summed E-state index contributed by atoms with van der Waals surface area (Å²) < 4.78 is 17.8. The zero-order chi connectivity index (χ0) is 24.0. The van der Waals surface area contributed by atoms with Crippen LogP contribution in [0.2, 0.25) is 0 Å². The zero-order valence-corrected chi connectivity index (χ0v) is 19.0. The van der Waals surface area contributed by atoms with Crippen molar-refractivity contribution >= 4 is 5.91 Å². The van der Waals surface area contributed by atoms with Crippen LogP contribution >= 0.6 is 0 Å². The Bertz CT molecular complexity index is 1260. The molecule has 1 N–H and O–H groups in total. The molecule has 174 valence electrons. The van der Waals surface area contributed by atoms with Gasteiger partial charge in [0.1, 0.15) is 5.75 Å². The van der Waals surface area contributed by atoms with Crippen LogP contribution in [0.4, 0.5) is 0 Å². The van der Waals surface area contributed by atoms with E-state index in [9.17, 15) is 14.4 Å². The molecular weight excluding hydrogens is 428 g/mol. The van der Waals surface area contributed by atoms with Crippen LogP contribution < -0.4 is 30.8 Å². The Labute approximate surface area is 190 Å². The Morgan fingerprint density at radius 2 is 1.76 bits per heavy atom. The van der Waals surface area contributed by atoms with Gasteiger partial charge >= 0.3 is 5.69 Å². The minimum atomic E-state index is -0.784. The van der Waals surface area contributed by atoms with E-state index in [0.29, 0.717) is 41.5 Å². The Hall–Kier alpha value is -4.08. The highest BCUT2D eigenvalue weighted by atomic mass is 16.5. The summed E-state index contributed by atoms with van der Waals surface area (Å²) in [5.41, 5.74) is -0.920. The molecule has 2 aromatic carbocycles. The minimum Gasteiger partial charge on any atom is -0.497 e. The van der Waals surface area contributed by atoms with E-state index < -0.39 is 17.2 Å². The molecule has 0 aliphatic rings. The largest absolute Gasteiger partial charge is 0.497 e. The highest BCUT2D eigenvalue weighted by molar-refractivity contribution is 5.91. The molecule has 0 saturated carbocycles. The molecule has 0 unspecified atom stereocenters. The predicted molar refractivity (Wildman–Crippen MR) is 122 cm³/mol. The minimum absolute atomic E-state index is 0.0707. The van der Waals surface area contributed by atoms with Gasteiger partial charge < -0.3 is 19.5 Å². The van der Waals surface area contributed by atoms with E-state index in [0.717, 1.165) is 9.25 Å². The fraction of sp³-hybridized carbons (Fsp3) is 0.304. The first-order valence-corrected chi connectivity index (χ1v) is 10.3. The highest BCUT2D eigenvalue weighted by Gasteiger charge is 2.21. The number of methoxy groups -OCH3 is 3. The lowest BCUT2D eigenvalue weighted by Gasteiger charge is -2.14. The summed E-state index contributed by atoms with van der Waals surface area (Å²) in [6.07, 6.45) is 0.680. The zero-order valence-electron chi connectivity index (χ0n) is 19.0. The highest BCUT2D eigenvalue weighted by Crippen LogP contribution is 2.28. The number of nitrogens with zero attached hydrogens (tertiary/aromatic N) is 3. The van der Waals surface area contributed by atoms with Crippen molar-refractivity contribution in [3.05, 3.63) is 74.6 Å². The molecule has 0 aliphatic heterocycles. The molecule has 0 radical (unpaired) electrons. The maximum absolute atomic E-state index is 13.3. The smallest absolute Gasteiger partial charge is 0.352 e. The fourth-order valence-corrected chi connectivity index (χ4v) is 3.20. The number of rotatable bonds is 9. The van der Waals surface area contributed by atoms with E-state index >= 15 is 0 Å². The number of carbonyl (C=O) groups is 1. The van der Waals surface area contributed by atoms with Crippen LogP contribution in [0.5, 0.6) is 17.2 Å². The second kappa shape index (κ2) is 10.5.